The van der Waals surface area contributed by atoms with Crippen LogP contribution < -0.4 is 0 Å². The van der Waals surface area contributed by atoms with Gasteiger partial charge in [-0.1, -0.05) is 11.6 Å². The van der Waals surface area contributed by atoms with Crippen molar-refractivity contribution in [1.29, 1.82) is 0 Å². The molecule has 0 saturated heterocycles. The fourth-order valence-corrected chi connectivity index (χ4v) is 1.77. The first-order valence-electron chi connectivity index (χ1n) is 6.08. The molecule has 0 aliphatic heterocycles. The van der Waals surface area contributed by atoms with Gasteiger partial charge in [0.05, 0.1) is 11.7 Å². The molecule has 100 valence electrons. The first-order valence-corrected chi connectivity index (χ1v) is 6.08. The Labute approximate surface area is 107 Å². The lowest BCUT2D eigenvalue weighted by Crippen LogP contribution is -2.41. The molecule has 4 heteroatoms. The average Bonchev–Trinajstić information content (AvgIpc) is 2.27. The Hall–Kier alpha value is -1.42. The Kier molecular flexibility index (Phi) is 4.84. The molecule has 0 saturated carbocycles. The molecule has 1 aromatic rings. The number of benzene rings is 1. The van der Waals surface area contributed by atoms with Gasteiger partial charge in [-0.15, -0.1) is 0 Å². The van der Waals surface area contributed by atoms with Gasteiger partial charge in [0.1, 0.15) is 5.82 Å². The summed E-state index contributed by atoms with van der Waals surface area (Å²) < 4.78 is 13.7. The van der Waals surface area contributed by atoms with Crippen LogP contribution in [-0.2, 0) is 0 Å². The number of halogens is 1. The summed E-state index contributed by atoms with van der Waals surface area (Å²) in [4.78, 5) is 13.7. The lowest BCUT2D eigenvalue weighted by Gasteiger charge is -2.28. The standard InChI is InChI=1S/C14H20FNO2/c1-9(2)16(8-11(4)17)14(18)12-7-10(3)5-6-13(12)15/h5-7,9,11,17H,8H2,1-4H3. The van der Waals surface area contributed by atoms with E-state index in [-0.39, 0.29) is 24.1 Å². The summed E-state index contributed by atoms with van der Waals surface area (Å²) in [6.45, 7) is 7.30. The van der Waals surface area contributed by atoms with Gasteiger partial charge in [-0.3, -0.25) is 4.79 Å². The van der Waals surface area contributed by atoms with Gasteiger partial charge in [0, 0.05) is 12.6 Å². The van der Waals surface area contributed by atoms with Crippen molar-refractivity contribution in [3.05, 3.63) is 35.1 Å². The van der Waals surface area contributed by atoms with Crippen LogP contribution in [0.25, 0.3) is 0 Å². The lowest BCUT2D eigenvalue weighted by atomic mass is 10.1. The summed E-state index contributed by atoms with van der Waals surface area (Å²) in [5, 5.41) is 9.40. The van der Waals surface area contributed by atoms with Crippen molar-refractivity contribution >= 4 is 5.91 Å². The van der Waals surface area contributed by atoms with E-state index in [2.05, 4.69) is 0 Å². The second-order valence-corrected chi connectivity index (χ2v) is 4.88. The van der Waals surface area contributed by atoms with Gasteiger partial charge in [0.25, 0.3) is 5.91 Å². The Morgan fingerprint density at radius 3 is 2.50 bits per heavy atom. The predicted molar refractivity (Wildman–Crippen MR) is 69.0 cm³/mol. The monoisotopic (exact) mass is 253 g/mol. The number of aryl methyl sites for hydroxylation is 1. The first-order chi connectivity index (χ1) is 8.32. The number of aliphatic hydroxyl groups is 1. The number of carbonyl (C=O) groups excluding carboxylic acids is 1. The first kappa shape index (κ1) is 14.6. The average molecular weight is 253 g/mol. The normalized spacial score (nSPS) is 12.6. The highest BCUT2D eigenvalue weighted by atomic mass is 19.1. The predicted octanol–water partition coefficient (Wildman–Crippen LogP) is 2.37. The molecule has 1 N–H and O–H groups in total. The van der Waals surface area contributed by atoms with Crippen molar-refractivity contribution in [2.75, 3.05) is 6.54 Å². The topological polar surface area (TPSA) is 40.5 Å². The fourth-order valence-electron chi connectivity index (χ4n) is 1.77. The van der Waals surface area contributed by atoms with Crippen LogP contribution >= 0.6 is 0 Å². The second kappa shape index (κ2) is 5.96. The van der Waals surface area contributed by atoms with Crippen LogP contribution in [0.2, 0.25) is 0 Å². The SMILES string of the molecule is Cc1ccc(F)c(C(=O)N(CC(C)O)C(C)C)c1. The number of nitrogens with zero attached hydrogens (tertiary/aromatic N) is 1. The maximum absolute atomic E-state index is 13.7. The lowest BCUT2D eigenvalue weighted by molar-refractivity contribution is 0.0574. The van der Waals surface area contributed by atoms with Gasteiger partial charge in [-0.25, -0.2) is 4.39 Å². The summed E-state index contributed by atoms with van der Waals surface area (Å²) >= 11 is 0. The van der Waals surface area contributed by atoms with Crippen LogP contribution in [0.1, 0.15) is 36.7 Å². The molecule has 1 rings (SSSR count). The number of hydrogen-bond acceptors (Lipinski definition) is 2. The van der Waals surface area contributed by atoms with Crippen LogP contribution in [0.5, 0.6) is 0 Å². The molecule has 1 atom stereocenters. The van der Waals surface area contributed by atoms with E-state index in [1.54, 1.807) is 13.0 Å². The summed E-state index contributed by atoms with van der Waals surface area (Å²) in [6, 6.07) is 4.37. The molecule has 1 aromatic carbocycles. The van der Waals surface area contributed by atoms with Crippen molar-refractivity contribution in [3.63, 3.8) is 0 Å². The fraction of sp³-hybridized carbons (Fsp3) is 0.500. The summed E-state index contributed by atoms with van der Waals surface area (Å²) in [7, 11) is 0. The van der Waals surface area contributed by atoms with Crippen LogP contribution in [-0.4, -0.2) is 34.6 Å². The Morgan fingerprint density at radius 2 is 2.00 bits per heavy atom. The highest BCUT2D eigenvalue weighted by molar-refractivity contribution is 5.94. The molecule has 0 aromatic heterocycles. The van der Waals surface area contributed by atoms with E-state index in [4.69, 9.17) is 0 Å². The third-order valence-corrected chi connectivity index (χ3v) is 2.70. The minimum absolute atomic E-state index is 0.0596. The van der Waals surface area contributed by atoms with Crippen LogP contribution in [0, 0.1) is 12.7 Å². The smallest absolute Gasteiger partial charge is 0.257 e. The van der Waals surface area contributed by atoms with Crippen molar-refractivity contribution < 1.29 is 14.3 Å². The molecule has 1 unspecified atom stereocenters. The van der Waals surface area contributed by atoms with E-state index in [0.717, 1.165) is 5.56 Å². The quantitative estimate of drug-likeness (QED) is 0.895. The van der Waals surface area contributed by atoms with Gasteiger partial charge in [0.15, 0.2) is 0 Å². The molecular weight excluding hydrogens is 233 g/mol. The maximum atomic E-state index is 13.7. The summed E-state index contributed by atoms with van der Waals surface area (Å²) in [5.74, 6) is -0.908. The Balaban J connectivity index is 3.05. The van der Waals surface area contributed by atoms with Crippen LogP contribution in [0.4, 0.5) is 4.39 Å². The maximum Gasteiger partial charge on any atom is 0.257 e. The third-order valence-electron chi connectivity index (χ3n) is 2.70. The van der Waals surface area contributed by atoms with E-state index >= 15 is 0 Å². The van der Waals surface area contributed by atoms with Crippen molar-refractivity contribution in [2.24, 2.45) is 0 Å². The van der Waals surface area contributed by atoms with Crippen LogP contribution in [0.15, 0.2) is 18.2 Å². The van der Waals surface area contributed by atoms with Gasteiger partial charge >= 0.3 is 0 Å². The van der Waals surface area contributed by atoms with Gasteiger partial charge in [0.2, 0.25) is 0 Å². The Bertz CT molecular complexity index is 430. The van der Waals surface area contributed by atoms with Crippen LogP contribution in [0.3, 0.4) is 0 Å². The molecule has 0 fully saturated rings. The molecule has 0 heterocycles. The zero-order valence-electron chi connectivity index (χ0n) is 11.3. The number of amides is 1. The van der Waals surface area contributed by atoms with Crippen molar-refractivity contribution in [2.45, 2.75) is 39.8 Å². The van der Waals surface area contributed by atoms with Gasteiger partial charge in [-0.05, 0) is 39.8 Å². The highest BCUT2D eigenvalue weighted by Gasteiger charge is 2.22. The van der Waals surface area contributed by atoms with E-state index in [1.807, 2.05) is 20.8 Å². The van der Waals surface area contributed by atoms with Crippen molar-refractivity contribution in [3.8, 4) is 0 Å². The minimum Gasteiger partial charge on any atom is -0.392 e. The zero-order valence-corrected chi connectivity index (χ0v) is 11.3. The largest absolute Gasteiger partial charge is 0.392 e. The van der Waals surface area contributed by atoms with Gasteiger partial charge in [-0.2, -0.15) is 0 Å². The molecule has 3 nitrogen and oxygen atoms in total. The van der Waals surface area contributed by atoms with E-state index in [0.29, 0.717) is 0 Å². The number of rotatable bonds is 4. The van der Waals surface area contributed by atoms with Crippen molar-refractivity contribution in [1.82, 2.24) is 4.90 Å². The van der Waals surface area contributed by atoms with Gasteiger partial charge < -0.3 is 10.0 Å². The summed E-state index contributed by atoms with van der Waals surface area (Å²) in [5.41, 5.74) is 0.893. The second-order valence-electron chi connectivity index (χ2n) is 4.88. The Morgan fingerprint density at radius 1 is 1.39 bits per heavy atom. The molecule has 0 aliphatic rings. The molecule has 1 amide bonds. The number of aliphatic hydroxyl groups excluding tert-OH is 1. The molecular formula is C14H20FNO2. The highest BCUT2D eigenvalue weighted by Crippen LogP contribution is 2.15. The number of hydrogen-bond donors (Lipinski definition) is 1. The molecule has 18 heavy (non-hydrogen) atoms. The minimum atomic E-state index is -0.635. The third kappa shape index (κ3) is 3.53. The number of carbonyl (C=O) groups is 1. The molecule has 0 spiro atoms. The zero-order chi connectivity index (χ0) is 13.9. The van der Waals surface area contributed by atoms with E-state index in [1.165, 1.54) is 17.0 Å². The molecule has 0 aliphatic carbocycles. The molecule has 0 bridgehead atoms. The van der Waals surface area contributed by atoms with E-state index in [9.17, 15) is 14.3 Å². The van der Waals surface area contributed by atoms with E-state index < -0.39 is 11.9 Å². The summed E-state index contributed by atoms with van der Waals surface area (Å²) in [6.07, 6.45) is -0.635. The molecule has 0 radical (unpaired) electrons.